The quantitative estimate of drug-likeness (QED) is 0.805. The molecule has 1 saturated carbocycles. The molecule has 1 atom stereocenters. The Morgan fingerprint density at radius 2 is 1.90 bits per heavy atom. The first-order valence-electron chi connectivity index (χ1n) is 7.05. The van der Waals surface area contributed by atoms with Crippen molar-refractivity contribution in [1.29, 1.82) is 0 Å². The van der Waals surface area contributed by atoms with Crippen molar-refractivity contribution < 1.29 is 9.90 Å². The van der Waals surface area contributed by atoms with Crippen molar-refractivity contribution in [2.24, 2.45) is 20.0 Å². The van der Waals surface area contributed by atoms with Crippen molar-refractivity contribution in [2.45, 2.75) is 38.1 Å². The highest BCUT2D eigenvalue weighted by atomic mass is 16.4. The monoisotopic (exact) mass is 296 g/mol. The molecule has 0 radical (unpaired) electrons. The molecular weight excluding hydrogens is 276 g/mol. The number of nitrogens with zero attached hydrogens (tertiary/aromatic N) is 3. The van der Waals surface area contributed by atoms with Crippen LogP contribution in [0.3, 0.4) is 0 Å². The molecule has 21 heavy (non-hydrogen) atoms. The van der Waals surface area contributed by atoms with Crippen LogP contribution in [0, 0.1) is 5.92 Å². The van der Waals surface area contributed by atoms with Crippen LogP contribution in [0.25, 0.3) is 0 Å². The molecule has 1 fully saturated rings. The standard InChI is InChI=1S/C13H20N4O4/c1-16-11(18)10(15-17(2)13(16)21)14-9(12(19)20)8-6-4-3-5-7-8/h8-9H,3-7H2,1-2H3,(H,14,15)(H,19,20). The predicted molar refractivity (Wildman–Crippen MR) is 76.3 cm³/mol. The molecule has 0 aromatic carbocycles. The van der Waals surface area contributed by atoms with Gasteiger partial charge in [0.2, 0.25) is 5.82 Å². The second-order valence-corrected chi connectivity index (χ2v) is 5.48. The molecule has 0 spiro atoms. The summed E-state index contributed by atoms with van der Waals surface area (Å²) in [6.45, 7) is 0. The SMILES string of the molecule is Cn1nc(NC(C(=O)O)C2CCCCC2)c(=O)n(C)c1=O. The van der Waals surface area contributed by atoms with E-state index in [0.717, 1.165) is 41.4 Å². The van der Waals surface area contributed by atoms with Crippen LogP contribution in [-0.4, -0.2) is 31.5 Å². The highest BCUT2D eigenvalue weighted by Crippen LogP contribution is 2.27. The maximum Gasteiger partial charge on any atom is 0.346 e. The summed E-state index contributed by atoms with van der Waals surface area (Å²) < 4.78 is 1.93. The van der Waals surface area contributed by atoms with Crippen LogP contribution < -0.4 is 16.6 Å². The minimum atomic E-state index is -1.00. The molecule has 1 unspecified atom stereocenters. The fraction of sp³-hybridized carbons (Fsp3) is 0.692. The van der Waals surface area contributed by atoms with Gasteiger partial charge >= 0.3 is 11.7 Å². The van der Waals surface area contributed by atoms with E-state index in [-0.39, 0.29) is 11.7 Å². The average Bonchev–Trinajstić information content (AvgIpc) is 2.48. The van der Waals surface area contributed by atoms with Crippen LogP contribution >= 0.6 is 0 Å². The fourth-order valence-corrected chi connectivity index (χ4v) is 2.78. The van der Waals surface area contributed by atoms with Crippen LogP contribution in [0.2, 0.25) is 0 Å². The molecule has 116 valence electrons. The molecular formula is C13H20N4O4. The summed E-state index contributed by atoms with van der Waals surface area (Å²) in [5.41, 5.74) is -1.16. The van der Waals surface area contributed by atoms with Gasteiger partial charge in [0.25, 0.3) is 5.56 Å². The zero-order chi connectivity index (χ0) is 15.6. The zero-order valence-electron chi connectivity index (χ0n) is 12.2. The van der Waals surface area contributed by atoms with Gasteiger partial charge in [-0.05, 0) is 18.8 Å². The van der Waals surface area contributed by atoms with Gasteiger partial charge in [-0.15, -0.1) is 5.10 Å². The number of hydrogen-bond donors (Lipinski definition) is 2. The summed E-state index contributed by atoms with van der Waals surface area (Å²) in [4.78, 5) is 35.1. The number of carboxylic acids is 1. The molecule has 2 rings (SSSR count). The first-order valence-corrected chi connectivity index (χ1v) is 7.05. The number of carbonyl (C=O) groups is 1. The minimum Gasteiger partial charge on any atom is -0.480 e. The Balaban J connectivity index is 2.31. The van der Waals surface area contributed by atoms with Gasteiger partial charge in [0.1, 0.15) is 6.04 Å². The molecule has 1 aromatic heterocycles. The summed E-state index contributed by atoms with van der Waals surface area (Å²) in [5.74, 6) is -1.13. The summed E-state index contributed by atoms with van der Waals surface area (Å²) in [6, 6.07) is -0.858. The summed E-state index contributed by atoms with van der Waals surface area (Å²) >= 11 is 0. The Bertz CT molecular complexity index is 643. The fourth-order valence-electron chi connectivity index (χ4n) is 2.78. The van der Waals surface area contributed by atoms with Gasteiger partial charge in [-0.3, -0.25) is 9.36 Å². The molecule has 1 aromatic rings. The molecule has 8 nitrogen and oxygen atoms in total. The first-order chi connectivity index (χ1) is 9.91. The highest BCUT2D eigenvalue weighted by Gasteiger charge is 2.30. The molecule has 0 aliphatic heterocycles. The van der Waals surface area contributed by atoms with E-state index in [9.17, 15) is 19.5 Å². The zero-order valence-corrected chi connectivity index (χ0v) is 12.2. The van der Waals surface area contributed by atoms with E-state index in [0.29, 0.717) is 0 Å². The number of carboxylic acid groups (broad SMARTS) is 1. The molecule has 2 N–H and O–H groups in total. The number of aliphatic carboxylic acids is 1. The maximum atomic E-state index is 12.0. The predicted octanol–water partition coefficient (Wildman–Crippen LogP) is -0.0756. The molecule has 0 bridgehead atoms. The summed E-state index contributed by atoms with van der Waals surface area (Å²) in [5, 5.41) is 16.0. The van der Waals surface area contributed by atoms with E-state index in [2.05, 4.69) is 10.4 Å². The van der Waals surface area contributed by atoms with Crippen molar-refractivity contribution in [1.82, 2.24) is 14.3 Å². The Labute approximate surface area is 121 Å². The molecule has 8 heteroatoms. The van der Waals surface area contributed by atoms with E-state index in [1.54, 1.807) is 0 Å². The minimum absolute atomic E-state index is 0.0278. The lowest BCUT2D eigenvalue weighted by Crippen LogP contribution is -2.44. The van der Waals surface area contributed by atoms with Crippen LogP contribution in [0.15, 0.2) is 9.59 Å². The van der Waals surface area contributed by atoms with Crippen molar-refractivity contribution in [3.63, 3.8) is 0 Å². The first kappa shape index (κ1) is 15.3. The largest absolute Gasteiger partial charge is 0.480 e. The Kier molecular flexibility index (Phi) is 4.44. The number of hydrogen-bond acceptors (Lipinski definition) is 5. The lowest BCUT2D eigenvalue weighted by atomic mass is 9.84. The summed E-state index contributed by atoms with van der Waals surface area (Å²) in [7, 11) is 2.76. The number of nitrogens with one attached hydrogen (secondary N) is 1. The lowest BCUT2D eigenvalue weighted by Gasteiger charge is -2.28. The van der Waals surface area contributed by atoms with Crippen LogP contribution in [0.1, 0.15) is 32.1 Å². The van der Waals surface area contributed by atoms with Crippen molar-refractivity contribution in [3.8, 4) is 0 Å². The van der Waals surface area contributed by atoms with Crippen molar-refractivity contribution >= 4 is 11.8 Å². The Morgan fingerprint density at radius 3 is 2.48 bits per heavy atom. The maximum absolute atomic E-state index is 12.0. The van der Waals surface area contributed by atoms with E-state index < -0.39 is 23.3 Å². The van der Waals surface area contributed by atoms with Gasteiger partial charge in [-0.25, -0.2) is 14.3 Å². The second kappa shape index (κ2) is 6.11. The third-order valence-corrected chi connectivity index (χ3v) is 4.00. The van der Waals surface area contributed by atoms with Gasteiger partial charge in [0, 0.05) is 14.1 Å². The van der Waals surface area contributed by atoms with Gasteiger partial charge in [0.05, 0.1) is 0 Å². The van der Waals surface area contributed by atoms with Crippen LogP contribution in [0.5, 0.6) is 0 Å². The van der Waals surface area contributed by atoms with Crippen LogP contribution in [-0.2, 0) is 18.9 Å². The topological polar surface area (TPSA) is 106 Å². The number of aryl methyl sites for hydroxylation is 1. The van der Waals surface area contributed by atoms with E-state index >= 15 is 0 Å². The van der Waals surface area contributed by atoms with E-state index in [4.69, 9.17) is 0 Å². The molecule has 1 aliphatic carbocycles. The van der Waals surface area contributed by atoms with Gasteiger partial charge in [-0.1, -0.05) is 19.3 Å². The smallest absolute Gasteiger partial charge is 0.346 e. The number of anilines is 1. The number of rotatable bonds is 4. The van der Waals surface area contributed by atoms with Crippen LogP contribution in [0.4, 0.5) is 5.82 Å². The summed E-state index contributed by atoms with van der Waals surface area (Å²) in [6.07, 6.45) is 4.73. The van der Waals surface area contributed by atoms with Crippen molar-refractivity contribution in [2.75, 3.05) is 5.32 Å². The molecule has 1 aliphatic rings. The normalized spacial score (nSPS) is 17.4. The van der Waals surface area contributed by atoms with Gasteiger partial charge in [-0.2, -0.15) is 0 Å². The second-order valence-electron chi connectivity index (χ2n) is 5.48. The van der Waals surface area contributed by atoms with Crippen molar-refractivity contribution in [3.05, 3.63) is 20.8 Å². The number of aromatic nitrogens is 3. The average molecular weight is 296 g/mol. The van der Waals surface area contributed by atoms with Gasteiger partial charge < -0.3 is 10.4 Å². The molecule has 0 saturated heterocycles. The lowest BCUT2D eigenvalue weighted by molar-refractivity contribution is -0.139. The third-order valence-electron chi connectivity index (χ3n) is 4.00. The van der Waals surface area contributed by atoms with E-state index in [1.165, 1.54) is 14.1 Å². The van der Waals surface area contributed by atoms with Gasteiger partial charge in [0.15, 0.2) is 0 Å². The Morgan fingerprint density at radius 1 is 1.29 bits per heavy atom. The third kappa shape index (κ3) is 3.14. The highest BCUT2D eigenvalue weighted by molar-refractivity contribution is 5.77. The molecule has 0 amide bonds. The Hall–Kier alpha value is -2.12. The van der Waals surface area contributed by atoms with E-state index in [1.807, 2.05) is 0 Å². The molecule has 1 heterocycles.